The number of furan rings is 1. The lowest BCUT2D eigenvalue weighted by molar-refractivity contribution is 0.209. The fraction of sp³-hybridized carbons (Fsp3) is 0.200. The van der Waals surface area contributed by atoms with Gasteiger partial charge in [0.1, 0.15) is 17.6 Å². The molecule has 4 rings (SSSR count). The molecule has 3 heterocycles. The zero-order valence-corrected chi connectivity index (χ0v) is 16.8. The van der Waals surface area contributed by atoms with E-state index in [1.54, 1.807) is 6.20 Å². The van der Waals surface area contributed by atoms with Crippen LogP contribution in [-0.2, 0) is 0 Å². The van der Waals surface area contributed by atoms with Crippen molar-refractivity contribution < 1.29 is 9.52 Å². The molecule has 0 spiro atoms. The summed E-state index contributed by atoms with van der Waals surface area (Å²) in [5.41, 5.74) is 1.88. The summed E-state index contributed by atoms with van der Waals surface area (Å²) in [7, 11) is 0. The smallest absolute Gasteiger partial charge is 0.170 e. The lowest BCUT2D eigenvalue weighted by Gasteiger charge is -2.25. The first-order valence-electron chi connectivity index (χ1n) is 8.62. The molecule has 27 heavy (non-hydrogen) atoms. The lowest BCUT2D eigenvalue weighted by atomic mass is 10.0. The van der Waals surface area contributed by atoms with E-state index in [2.05, 4.69) is 26.2 Å². The Morgan fingerprint density at radius 1 is 1.15 bits per heavy atom. The van der Waals surface area contributed by atoms with E-state index in [-0.39, 0.29) is 18.7 Å². The molecule has 3 aromatic rings. The van der Waals surface area contributed by atoms with Gasteiger partial charge in [-0.1, -0.05) is 34.1 Å². The SMILES string of the molecule is OCCN1C(=S)N[C@H](c2ccccn2)[C@H]1c1ccc(-c2ccc(Br)cc2)o1. The number of nitrogens with one attached hydrogen (secondary N) is 1. The summed E-state index contributed by atoms with van der Waals surface area (Å²) < 4.78 is 7.23. The second-order valence-electron chi connectivity index (χ2n) is 6.25. The maximum absolute atomic E-state index is 9.50. The summed E-state index contributed by atoms with van der Waals surface area (Å²) in [6.45, 7) is 0.432. The number of hydrogen-bond donors (Lipinski definition) is 2. The standard InChI is InChI=1S/C20H18BrN3O2S/c21-14-6-4-13(5-7-14)16-8-9-17(26-16)19-18(15-3-1-2-10-22-15)23-20(27)24(19)11-12-25/h1-10,18-19,25H,11-12H2,(H,23,27)/t18-,19-/m1/s1. The number of hydrogen-bond acceptors (Lipinski definition) is 4. The van der Waals surface area contributed by atoms with Crippen LogP contribution in [-0.4, -0.2) is 33.3 Å². The van der Waals surface area contributed by atoms with Gasteiger partial charge in [-0.05, 0) is 48.6 Å². The molecule has 0 saturated carbocycles. The highest BCUT2D eigenvalue weighted by Gasteiger charge is 2.41. The van der Waals surface area contributed by atoms with Crippen LogP contribution in [0.25, 0.3) is 11.3 Å². The minimum atomic E-state index is -0.177. The highest BCUT2D eigenvalue weighted by Crippen LogP contribution is 2.40. The third kappa shape index (κ3) is 3.63. The number of thiocarbonyl (C=S) groups is 1. The van der Waals surface area contributed by atoms with Gasteiger partial charge in [0.05, 0.1) is 18.3 Å². The zero-order chi connectivity index (χ0) is 18.8. The number of pyridine rings is 1. The molecule has 2 atom stereocenters. The van der Waals surface area contributed by atoms with E-state index in [0.717, 1.165) is 27.3 Å². The second kappa shape index (κ2) is 7.80. The summed E-state index contributed by atoms with van der Waals surface area (Å²) in [5.74, 6) is 1.57. The Labute approximate surface area is 171 Å². The number of aromatic nitrogens is 1. The van der Waals surface area contributed by atoms with Crippen molar-refractivity contribution in [1.82, 2.24) is 15.2 Å². The van der Waals surface area contributed by atoms with Crippen LogP contribution in [0.1, 0.15) is 23.5 Å². The lowest BCUT2D eigenvalue weighted by Crippen LogP contribution is -2.32. The molecule has 1 aromatic carbocycles. The first-order valence-corrected chi connectivity index (χ1v) is 9.82. The van der Waals surface area contributed by atoms with E-state index in [9.17, 15) is 5.11 Å². The van der Waals surface area contributed by atoms with Crippen molar-refractivity contribution in [1.29, 1.82) is 0 Å². The first-order chi connectivity index (χ1) is 13.2. The zero-order valence-electron chi connectivity index (χ0n) is 14.4. The fourth-order valence-corrected chi connectivity index (χ4v) is 3.94. The van der Waals surface area contributed by atoms with Crippen molar-refractivity contribution in [3.8, 4) is 11.3 Å². The minimum Gasteiger partial charge on any atom is -0.459 e. The highest BCUT2D eigenvalue weighted by atomic mass is 79.9. The van der Waals surface area contributed by atoms with Crippen LogP contribution in [0.15, 0.2) is 69.7 Å². The number of aliphatic hydroxyl groups is 1. The van der Waals surface area contributed by atoms with Gasteiger partial charge < -0.3 is 19.7 Å². The van der Waals surface area contributed by atoms with Gasteiger partial charge in [0.2, 0.25) is 0 Å². The normalized spacial score (nSPS) is 19.3. The third-order valence-corrected chi connectivity index (χ3v) is 5.47. The monoisotopic (exact) mass is 443 g/mol. The molecule has 0 aliphatic carbocycles. The van der Waals surface area contributed by atoms with Crippen LogP contribution in [0.3, 0.4) is 0 Å². The summed E-state index contributed by atoms with van der Waals surface area (Å²) in [4.78, 5) is 6.44. The highest BCUT2D eigenvalue weighted by molar-refractivity contribution is 9.10. The molecule has 5 nitrogen and oxygen atoms in total. The molecule has 0 unspecified atom stereocenters. The molecular weight excluding hydrogens is 426 g/mol. The van der Waals surface area contributed by atoms with Crippen LogP contribution in [0, 0.1) is 0 Å². The summed E-state index contributed by atoms with van der Waals surface area (Å²) in [5, 5.41) is 13.4. The fourth-order valence-electron chi connectivity index (χ4n) is 3.34. The van der Waals surface area contributed by atoms with Crippen molar-refractivity contribution in [2.24, 2.45) is 0 Å². The summed E-state index contributed by atoms with van der Waals surface area (Å²) in [6, 6.07) is 17.4. The molecule has 7 heteroatoms. The van der Waals surface area contributed by atoms with E-state index in [0.29, 0.717) is 11.7 Å². The molecular formula is C20H18BrN3O2S. The van der Waals surface area contributed by atoms with Crippen molar-refractivity contribution in [2.45, 2.75) is 12.1 Å². The van der Waals surface area contributed by atoms with Crippen LogP contribution < -0.4 is 5.32 Å². The number of nitrogens with zero attached hydrogens (tertiary/aromatic N) is 2. The van der Waals surface area contributed by atoms with Gasteiger partial charge in [-0.25, -0.2) is 0 Å². The molecule has 2 aromatic heterocycles. The predicted molar refractivity (Wildman–Crippen MR) is 111 cm³/mol. The second-order valence-corrected chi connectivity index (χ2v) is 7.55. The Kier molecular flexibility index (Phi) is 5.24. The number of halogens is 1. The van der Waals surface area contributed by atoms with Gasteiger partial charge in [0.15, 0.2) is 5.11 Å². The van der Waals surface area contributed by atoms with Crippen molar-refractivity contribution in [3.05, 3.63) is 76.7 Å². The van der Waals surface area contributed by atoms with Crippen LogP contribution in [0.5, 0.6) is 0 Å². The number of benzene rings is 1. The summed E-state index contributed by atoms with van der Waals surface area (Å²) >= 11 is 8.96. The van der Waals surface area contributed by atoms with Crippen molar-refractivity contribution in [2.75, 3.05) is 13.2 Å². The van der Waals surface area contributed by atoms with Gasteiger partial charge in [-0.15, -0.1) is 0 Å². The van der Waals surface area contributed by atoms with Gasteiger partial charge >= 0.3 is 0 Å². The largest absolute Gasteiger partial charge is 0.459 e. The molecule has 0 radical (unpaired) electrons. The molecule has 2 N–H and O–H groups in total. The molecule has 138 valence electrons. The molecule has 0 amide bonds. The van der Waals surface area contributed by atoms with Crippen LogP contribution in [0.4, 0.5) is 0 Å². The Hall–Kier alpha value is -2.22. The number of rotatable bonds is 5. The third-order valence-electron chi connectivity index (χ3n) is 4.59. The van der Waals surface area contributed by atoms with Crippen LogP contribution in [0.2, 0.25) is 0 Å². The average Bonchev–Trinajstić information content (AvgIpc) is 3.29. The Balaban J connectivity index is 1.71. The number of β-amino-alcohol motifs (C(OH)–C–C–N with tert-alkyl or cyclic N) is 1. The Morgan fingerprint density at radius 2 is 1.96 bits per heavy atom. The maximum atomic E-state index is 9.50. The van der Waals surface area contributed by atoms with Gasteiger partial charge in [0.25, 0.3) is 0 Å². The Morgan fingerprint density at radius 3 is 2.67 bits per heavy atom. The Bertz CT molecular complexity index is 930. The van der Waals surface area contributed by atoms with Gasteiger partial charge in [-0.3, -0.25) is 4.98 Å². The minimum absolute atomic E-state index is 0.00748. The first kappa shape index (κ1) is 18.2. The van der Waals surface area contributed by atoms with Crippen molar-refractivity contribution in [3.63, 3.8) is 0 Å². The quantitative estimate of drug-likeness (QED) is 0.579. The maximum Gasteiger partial charge on any atom is 0.170 e. The molecule has 1 fully saturated rings. The summed E-state index contributed by atoms with van der Waals surface area (Å²) in [6.07, 6.45) is 1.77. The van der Waals surface area contributed by atoms with E-state index in [4.69, 9.17) is 16.6 Å². The van der Waals surface area contributed by atoms with Crippen molar-refractivity contribution >= 4 is 33.3 Å². The molecule has 1 saturated heterocycles. The number of aliphatic hydroxyl groups excluding tert-OH is 1. The van der Waals surface area contributed by atoms with E-state index >= 15 is 0 Å². The average molecular weight is 444 g/mol. The molecule has 1 aliphatic heterocycles. The predicted octanol–water partition coefficient (Wildman–Crippen LogP) is 4.07. The van der Waals surface area contributed by atoms with Gasteiger partial charge in [0, 0.05) is 22.8 Å². The molecule has 1 aliphatic rings. The van der Waals surface area contributed by atoms with E-state index in [1.165, 1.54) is 0 Å². The van der Waals surface area contributed by atoms with E-state index < -0.39 is 0 Å². The molecule has 0 bridgehead atoms. The van der Waals surface area contributed by atoms with Gasteiger partial charge in [-0.2, -0.15) is 0 Å². The van der Waals surface area contributed by atoms with E-state index in [1.807, 2.05) is 59.5 Å². The van der Waals surface area contributed by atoms with Crippen LogP contribution >= 0.6 is 28.1 Å². The topological polar surface area (TPSA) is 61.5 Å².